The Kier molecular flexibility index (Phi) is 3.44. The van der Waals surface area contributed by atoms with Crippen molar-refractivity contribution < 1.29 is 19.1 Å². The summed E-state index contributed by atoms with van der Waals surface area (Å²) < 4.78 is 4.41. The van der Waals surface area contributed by atoms with Crippen LogP contribution in [-0.4, -0.2) is 30.8 Å². The molecule has 1 aliphatic heterocycles. The van der Waals surface area contributed by atoms with Crippen LogP contribution in [0.2, 0.25) is 0 Å². The number of esters is 1. The molecule has 1 N–H and O–H groups in total. The molecule has 1 amide bonds. The van der Waals surface area contributed by atoms with Gasteiger partial charge in [0.25, 0.3) is 0 Å². The maximum absolute atomic E-state index is 11.7. The van der Waals surface area contributed by atoms with Crippen molar-refractivity contribution in [1.82, 2.24) is 5.32 Å². The fourth-order valence-corrected chi connectivity index (χ4v) is 1.64. The highest BCUT2D eigenvalue weighted by molar-refractivity contribution is 6.22. The lowest BCUT2D eigenvalue weighted by Crippen LogP contribution is -2.30. The van der Waals surface area contributed by atoms with Crippen molar-refractivity contribution in [2.75, 3.05) is 7.11 Å². The summed E-state index contributed by atoms with van der Waals surface area (Å²) in [7, 11) is 1.17. The van der Waals surface area contributed by atoms with E-state index in [1.807, 2.05) is 13.8 Å². The number of Topliss-reactive ketones (excluding diaryl/α,β-unsaturated/α-hetero) is 1. The van der Waals surface area contributed by atoms with Crippen LogP contribution in [0.1, 0.15) is 20.3 Å². The summed E-state index contributed by atoms with van der Waals surface area (Å²) in [6, 6.07) is -0.540. The number of methoxy groups -OCH3 is 1. The second-order valence-corrected chi connectivity index (χ2v) is 4.05. The first-order chi connectivity index (χ1) is 6.97. The molecule has 0 aromatic rings. The number of rotatable bonds is 3. The summed E-state index contributed by atoms with van der Waals surface area (Å²) >= 11 is 0. The fraction of sp³-hybridized carbons (Fsp3) is 0.700. The van der Waals surface area contributed by atoms with E-state index in [0.717, 1.165) is 0 Å². The van der Waals surface area contributed by atoms with Gasteiger partial charge in [0.1, 0.15) is 0 Å². The van der Waals surface area contributed by atoms with Gasteiger partial charge in [0.05, 0.1) is 13.2 Å². The van der Waals surface area contributed by atoms with Gasteiger partial charge in [-0.25, -0.2) is 0 Å². The van der Waals surface area contributed by atoms with E-state index in [1.165, 1.54) is 7.11 Å². The maximum atomic E-state index is 11.7. The van der Waals surface area contributed by atoms with Crippen LogP contribution < -0.4 is 5.32 Å². The Morgan fingerprint density at radius 2 is 2.07 bits per heavy atom. The highest BCUT2D eigenvalue weighted by Gasteiger charge is 2.46. The third-order valence-corrected chi connectivity index (χ3v) is 2.35. The Morgan fingerprint density at radius 3 is 2.53 bits per heavy atom. The van der Waals surface area contributed by atoms with Crippen LogP contribution in [0.15, 0.2) is 0 Å². The Morgan fingerprint density at radius 1 is 1.47 bits per heavy atom. The summed E-state index contributed by atoms with van der Waals surface area (Å²) in [6.07, 6.45) is 0.554. The van der Waals surface area contributed by atoms with Crippen LogP contribution in [0.3, 0.4) is 0 Å². The molecule has 0 aliphatic carbocycles. The molecule has 0 aromatic heterocycles. The van der Waals surface area contributed by atoms with E-state index in [-0.39, 0.29) is 11.7 Å². The van der Waals surface area contributed by atoms with Crippen LogP contribution >= 0.6 is 0 Å². The zero-order valence-corrected chi connectivity index (χ0v) is 9.07. The Bertz CT molecular complexity index is 298. The predicted molar refractivity (Wildman–Crippen MR) is 51.9 cm³/mol. The molecule has 15 heavy (non-hydrogen) atoms. The normalized spacial score (nSPS) is 25.6. The number of hydrogen-bond donors (Lipinski definition) is 1. The summed E-state index contributed by atoms with van der Waals surface area (Å²) in [5, 5.41) is 2.51. The number of ether oxygens (including phenoxy) is 1. The largest absolute Gasteiger partial charge is 0.468 e. The molecule has 5 nitrogen and oxygen atoms in total. The van der Waals surface area contributed by atoms with E-state index in [1.54, 1.807) is 0 Å². The molecular formula is C10H15NO4. The average Bonchev–Trinajstić information content (AvgIpc) is 2.40. The Labute approximate surface area is 88.2 Å². The zero-order valence-electron chi connectivity index (χ0n) is 9.07. The minimum Gasteiger partial charge on any atom is -0.468 e. The smallest absolute Gasteiger partial charge is 0.325 e. The van der Waals surface area contributed by atoms with Crippen molar-refractivity contribution in [2.45, 2.75) is 26.3 Å². The van der Waals surface area contributed by atoms with Gasteiger partial charge in [-0.3, -0.25) is 14.4 Å². The SMILES string of the molecule is COC(=O)C1C(=O)NC(CC(C)C)C1=O. The number of ketones is 1. The first-order valence-corrected chi connectivity index (χ1v) is 4.89. The average molecular weight is 213 g/mol. The second kappa shape index (κ2) is 4.42. The third kappa shape index (κ3) is 2.34. The lowest BCUT2D eigenvalue weighted by atomic mass is 9.97. The molecular weight excluding hydrogens is 198 g/mol. The molecule has 84 valence electrons. The van der Waals surface area contributed by atoms with Gasteiger partial charge < -0.3 is 10.1 Å². The highest BCUT2D eigenvalue weighted by atomic mass is 16.5. The summed E-state index contributed by atoms with van der Waals surface area (Å²) in [5.74, 6) is -2.67. The molecule has 0 bridgehead atoms. The topological polar surface area (TPSA) is 72.5 Å². The minimum absolute atomic E-state index is 0.288. The van der Waals surface area contributed by atoms with E-state index >= 15 is 0 Å². The molecule has 0 radical (unpaired) electrons. The third-order valence-electron chi connectivity index (χ3n) is 2.35. The molecule has 1 rings (SSSR count). The van der Waals surface area contributed by atoms with Crippen molar-refractivity contribution in [1.29, 1.82) is 0 Å². The van der Waals surface area contributed by atoms with Crippen LogP contribution in [0, 0.1) is 11.8 Å². The molecule has 0 aromatic carbocycles. The van der Waals surface area contributed by atoms with Crippen molar-refractivity contribution in [3.05, 3.63) is 0 Å². The molecule has 2 unspecified atom stereocenters. The summed E-state index contributed by atoms with van der Waals surface area (Å²) in [5.41, 5.74) is 0. The second-order valence-electron chi connectivity index (χ2n) is 4.05. The monoisotopic (exact) mass is 213 g/mol. The molecule has 1 saturated heterocycles. The van der Waals surface area contributed by atoms with Crippen molar-refractivity contribution >= 4 is 17.7 Å². The van der Waals surface area contributed by atoms with Crippen LogP contribution in [-0.2, 0) is 19.1 Å². The van der Waals surface area contributed by atoms with Gasteiger partial charge in [-0.05, 0) is 12.3 Å². The fourth-order valence-electron chi connectivity index (χ4n) is 1.64. The number of hydrogen-bond acceptors (Lipinski definition) is 4. The van der Waals surface area contributed by atoms with E-state index in [2.05, 4.69) is 10.1 Å². The molecule has 1 aliphatic rings. The lowest BCUT2D eigenvalue weighted by Gasteiger charge is -2.10. The molecule has 5 heteroatoms. The van der Waals surface area contributed by atoms with E-state index in [4.69, 9.17) is 0 Å². The highest BCUT2D eigenvalue weighted by Crippen LogP contribution is 2.18. The molecule has 0 spiro atoms. The number of amides is 1. The van der Waals surface area contributed by atoms with E-state index in [9.17, 15) is 14.4 Å². The van der Waals surface area contributed by atoms with Crippen LogP contribution in [0.4, 0.5) is 0 Å². The predicted octanol–water partition coefficient (Wildman–Crippen LogP) is -0.111. The minimum atomic E-state index is -1.27. The summed E-state index contributed by atoms with van der Waals surface area (Å²) in [4.78, 5) is 34.2. The quantitative estimate of drug-likeness (QED) is 0.524. The molecule has 2 atom stereocenters. The standard InChI is InChI=1S/C10H15NO4/c1-5(2)4-6-8(12)7(9(13)11-6)10(14)15-3/h5-7H,4H2,1-3H3,(H,11,13). The molecule has 1 fully saturated rings. The summed E-state index contributed by atoms with van der Waals surface area (Å²) in [6.45, 7) is 3.90. The molecule has 0 saturated carbocycles. The van der Waals surface area contributed by atoms with Crippen molar-refractivity contribution in [3.8, 4) is 0 Å². The van der Waals surface area contributed by atoms with Gasteiger partial charge >= 0.3 is 5.97 Å². The van der Waals surface area contributed by atoms with Gasteiger partial charge in [0, 0.05) is 0 Å². The van der Waals surface area contributed by atoms with Gasteiger partial charge in [0.15, 0.2) is 11.7 Å². The Balaban J connectivity index is 2.75. The first kappa shape index (κ1) is 11.7. The van der Waals surface area contributed by atoms with Gasteiger partial charge in [-0.1, -0.05) is 13.8 Å². The van der Waals surface area contributed by atoms with Crippen LogP contribution in [0.5, 0.6) is 0 Å². The molecule has 1 heterocycles. The van der Waals surface area contributed by atoms with Gasteiger partial charge in [-0.2, -0.15) is 0 Å². The maximum Gasteiger partial charge on any atom is 0.325 e. The van der Waals surface area contributed by atoms with Crippen molar-refractivity contribution in [2.24, 2.45) is 11.8 Å². The van der Waals surface area contributed by atoms with Gasteiger partial charge in [-0.15, -0.1) is 0 Å². The Hall–Kier alpha value is -1.39. The van der Waals surface area contributed by atoms with Crippen molar-refractivity contribution in [3.63, 3.8) is 0 Å². The lowest BCUT2D eigenvalue weighted by molar-refractivity contribution is -0.151. The van der Waals surface area contributed by atoms with E-state index < -0.39 is 23.8 Å². The number of nitrogens with one attached hydrogen (secondary N) is 1. The van der Waals surface area contributed by atoms with Gasteiger partial charge in [0.2, 0.25) is 5.91 Å². The van der Waals surface area contributed by atoms with Crippen LogP contribution in [0.25, 0.3) is 0 Å². The number of carbonyl (C=O) groups is 3. The zero-order chi connectivity index (χ0) is 11.6. The number of carbonyl (C=O) groups excluding carboxylic acids is 3. The van der Waals surface area contributed by atoms with E-state index in [0.29, 0.717) is 6.42 Å². The first-order valence-electron chi connectivity index (χ1n) is 4.89.